The van der Waals surface area contributed by atoms with Crippen molar-refractivity contribution in [3.8, 4) is 0 Å². The number of hydrogen-bond acceptors (Lipinski definition) is 2. The Morgan fingerprint density at radius 3 is 3.10 bits per heavy atom. The van der Waals surface area contributed by atoms with E-state index in [1.54, 1.807) is 6.08 Å². The van der Waals surface area contributed by atoms with E-state index in [0.717, 1.165) is 19.6 Å². The van der Waals surface area contributed by atoms with E-state index in [0.29, 0.717) is 12.3 Å². The third kappa shape index (κ3) is 1.82. The van der Waals surface area contributed by atoms with E-state index in [9.17, 15) is 5.11 Å². The highest BCUT2D eigenvalue weighted by molar-refractivity contribution is 4.79. The SMILES string of the molecule is C=CCC(O)C1CCOC1. The van der Waals surface area contributed by atoms with E-state index >= 15 is 0 Å². The van der Waals surface area contributed by atoms with Crippen LogP contribution in [0.5, 0.6) is 0 Å². The first-order valence-electron chi connectivity index (χ1n) is 3.71. The molecule has 0 aromatic rings. The average molecular weight is 142 g/mol. The largest absolute Gasteiger partial charge is 0.392 e. The molecule has 2 unspecified atom stereocenters. The van der Waals surface area contributed by atoms with Crippen molar-refractivity contribution in [2.75, 3.05) is 13.2 Å². The molecular weight excluding hydrogens is 128 g/mol. The molecule has 0 aromatic carbocycles. The summed E-state index contributed by atoms with van der Waals surface area (Å²) in [6.07, 6.45) is 3.20. The molecule has 1 N–H and O–H groups in total. The smallest absolute Gasteiger partial charge is 0.0625 e. The predicted molar refractivity (Wildman–Crippen MR) is 39.7 cm³/mol. The summed E-state index contributed by atoms with van der Waals surface area (Å²) >= 11 is 0. The highest BCUT2D eigenvalue weighted by Crippen LogP contribution is 2.18. The lowest BCUT2D eigenvalue weighted by atomic mass is 9.99. The predicted octanol–water partition coefficient (Wildman–Crippen LogP) is 0.960. The molecule has 0 bridgehead atoms. The minimum atomic E-state index is -0.236. The van der Waals surface area contributed by atoms with Gasteiger partial charge in [-0.3, -0.25) is 0 Å². The van der Waals surface area contributed by atoms with Gasteiger partial charge in [0.25, 0.3) is 0 Å². The van der Waals surface area contributed by atoms with E-state index in [-0.39, 0.29) is 6.10 Å². The van der Waals surface area contributed by atoms with E-state index in [2.05, 4.69) is 6.58 Å². The Morgan fingerprint density at radius 2 is 2.60 bits per heavy atom. The molecule has 58 valence electrons. The third-order valence-corrected chi connectivity index (χ3v) is 1.92. The summed E-state index contributed by atoms with van der Waals surface area (Å²) in [5.74, 6) is 0.345. The van der Waals surface area contributed by atoms with Crippen LogP contribution >= 0.6 is 0 Å². The van der Waals surface area contributed by atoms with Crippen molar-refractivity contribution in [1.82, 2.24) is 0 Å². The lowest BCUT2D eigenvalue weighted by molar-refractivity contribution is 0.0939. The van der Waals surface area contributed by atoms with Crippen molar-refractivity contribution >= 4 is 0 Å². The summed E-state index contributed by atoms with van der Waals surface area (Å²) in [5.41, 5.74) is 0. The molecule has 2 atom stereocenters. The first kappa shape index (κ1) is 7.76. The third-order valence-electron chi connectivity index (χ3n) is 1.92. The van der Waals surface area contributed by atoms with E-state index in [4.69, 9.17) is 4.74 Å². The Balaban J connectivity index is 2.24. The maximum Gasteiger partial charge on any atom is 0.0625 e. The number of hydrogen-bond donors (Lipinski definition) is 1. The fourth-order valence-corrected chi connectivity index (χ4v) is 1.22. The maximum absolute atomic E-state index is 9.40. The van der Waals surface area contributed by atoms with Crippen LogP contribution in [0, 0.1) is 5.92 Å². The number of aliphatic hydroxyl groups is 1. The average Bonchev–Trinajstić information content (AvgIpc) is 2.38. The summed E-state index contributed by atoms with van der Waals surface area (Å²) in [4.78, 5) is 0. The Morgan fingerprint density at radius 1 is 1.80 bits per heavy atom. The van der Waals surface area contributed by atoms with Crippen LogP contribution in [0.3, 0.4) is 0 Å². The van der Waals surface area contributed by atoms with Crippen LogP contribution in [0.2, 0.25) is 0 Å². The Kier molecular flexibility index (Phi) is 2.90. The summed E-state index contributed by atoms with van der Waals surface area (Å²) < 4.78 is 5.13. The maximum atomic E-state index is 9.40. The lowest BCUT2D eigenvalue weighted by Gasteiger charge is -2.13. The van der Waals surface area contributed by atoms with Crippen LogP contribution in [0.15, 0.2) is 12.7 Å². The molecule has 2 nitrogen and oxygen atoms in total. The molecule has 10 heavy (non-hydrogen) atoms. The molecule has 2 heteroatoms. The molecule has 1 aliphatic rings. The molecule has 0 aliphatic carbocycles. The second-order valence-electron chi connectivity index (χ2n) is 2.72. The fourth-order valence-electron chi connectivity index (χ4n) is 1.22. The summed E-state index contributed by atoms with van der Waals surface area (Å²) in [7, 11) is 0. The monoisotopic (exact) mass is 142 g/mol. The van der Waals surface area contributed by atoms with E-state index in [1.165, 1.54) is 0 Å². The van der Waals surface area contributed by atoms with E-state index in [1.807, 2.05) is 0 Å². The van der Waals surface area contributed by atoms with Crippen molar-refractivity contribution < 1.29 is 9.84 Å². The highest BCUT2D eigenvalue weighted by atomic mass is 16.5. The van der Waals surface area contributed by atoms with Crippen molar-refractivity contribution in [2.45, 2.75) is 18.9 Å². The van der Waals surface area contributed by atoms with Crippen molar-refractivity contribution in [1.29, 1.82) is 0 Å². The molecular formula is C8H14O2. The van der Waals surface area contributed by atoms with Crippen molar-refractivity contribution in [3.63, 3.8) is 0 Å². The van der Waals surface area contributed by atoms with Gasteiger partial charge >= 0.3 is 0 Å². The molecule has 1 heterocycles. The molecule has 1 rings (SSSR count). The quantitative estimate of drug-likeness (QED) is 0.595. The van der Waals surface area contributed by atoms with Gasteiger partial charge in [-0.05, 0) is 12.8 Å². The summed E-state index contributed by atoms with van der Waals surface area (Å²) in [6.45, 7) is 5.09. The zero-order valence-electron chi connectivity index (χ0n) is 6.12. The lowest BCUT2D eigenvalue weighted by Crippen LogP contribution is -2.19. The van der Waals surface area contributed by atoms with Crippen LogP contribution in [-0.4, -0.2) is 24.4 Å². The van der Waals surface area contributed by atoms with Gasteiger partial charge in [0.2, 0.25) is 0 Å². The van der Waals surface area contributed by atoms with Crippen LogP contribution in [0.4, 0.5) is 0 Å². The highest BCUT2D eigenvalue weighted by Gasteiger charge is 2.22. The molecule has 0 radical (unpaired) electrons. The van der Waals surface area contributed by atoms with Gasteiger partial charge in [0.15, 0.2) is 0 Å². The number of rotatable bonds is 3. The standard InChI is InChI=1S/C8H14O2/c1-2-3-8(9)7-4-5-10-6-7/h2,7-9H,1,3-6H2. The summed E-state index contributed by atoms with van der Waals surface area (Å²) in [6, 6.07) is 0. The van der Waals surface area contributed by atoms with Gasteiger partial charge < -0.3 is 9.84 Å². The van der Waals surface area contributed by atoms with Crippen LogP contribution < -0.4 is 0 Å². The van der Waals surface area contributed by atoms with Crippen molar-refractivity contribution in [3.05, 3.63) is 12.7 Å². The second kappa shape index (κ2) is 3.74. The Bertz CT molecular complexity index is 106. The molecule has 1 fully saturated rings. The Hall–Kier alpha value is -0.340. The van der Waals surface area contributed by atoms with Gasteiger partial charge in [-0.2, -0.15) is 0 Å². The van der Waals surface area contributed by atoms with Gasteiger partial charge in [0.05, 0.1) is 12.7 Å². The fraction of sp³-hybridized carbons (Fsp3) is 0.750. The van der Waals surface area contributed by atoms with Crippen LogP contribution in [-0.2, 0) is 4.74 Å². The number of ether oxygens (including phenoxy) is 1. The first-order valence-corrected chi connectivity index (χ1v) is 3.71. The molecule has 0 saturated carbocycles. The molecule has 0 aromatic heterocycles. The number of aliphatic hydroxyl groups excluding tert-OH is 1. The minimum absolute atomic E-state index is 0.236. The first-order chi connectivity index (χ1) is 4.84. The van der Waals surface area contributed by atoms with Gasteiger partial charge in [-0.25, -0.2) is 0 Å². The zero-order valence-corrected chi connectivity index (χ0v) is 6.12. The molecule has 1 saturated heterocycles. The van der Waals surface area contributed by atoms with Gasteiger partial charge in [-0.15, -0.1) is 6.58 Å². The van der Waals surface area contributed by atoms with Gasteiger partial charge in [0, 0.05) is 12.5 Å². The molecule has 0 amide bonds. The van der Waals surface area contributed by atoms with Crippen LogP contribution in [0.25, 0.3) is 0 Å². The summed E-state index contributed by atoms with van der Waals surface area (Å²) in [5, 5.41) is 9.40. The van der Waals surface area contributed by atoms with Gasteiger partial charge in [-0.1, -0.05) is 6.08 Å². The molecule has 1 aliphatic heterocycles. The van der Waals surface area contributed by atoms with Crippen molar-refractivity contribution in [2.24, 2.45) is 5.92 Å². The molecule has 0 spiro atoms. The zero-order chi connectivity index (χ0) is 7.40. The van der Waals surface area contributed by atoms with Gasteiger partial charge in [0.1, 0.15) is 0 Å². The minimum Gasteiger partial charge on any atom is -0.392 e. The topological polar surface area (TPSA) is 29.5 Å². The second-order valence-corrected chi connectivity index (χ2v) is 2.72. The normalized spacial score (nSPS) is 28.3. The Labute approximate surface area is 61.5 Å². The van der Waals surface area contributed by atoms with E-state index < -0.39 is 0 Å². The van der Waals surface area contributed by atoms with Crippen LogP contribution in [0.1, 0.15) is 12.8 Å².